The minimum Gasteiger partial charge on any atom is -0.504 e. The van der Waals surface area contributed by atoms with Crippen molar-refractivity contribution in [1.29, 1.82) is 0 Å². The lowest BCUT2D eigenvalue weighted by atomic mass is 10.1. The topological polar surface area (TPSA) is 99.3 Å². The highest BCUT2D eigenvalue weighted by molar-refractivity contribution is 5.41. The van der Waals surface area contributed by atoms with Crippen molar-refractivity contribution in [2.24, 2.45) is 10.4 Å². The van der Waals surface area contributed by atoms with Gasteiger partial charge in [-0.1, -0.05) is 16.4 Å². The van der Waals surface area contributed by atoms with E-state index in [1.165, 1.54) is 18.2 Å². The molecular weight excluding hydrogens is 188 g/mol. The molecule has 0 aliphatic heterocycles. The highest BCUT2D eigenvalue weighted by Crippen LogP contribution is 2.29. The van der Waals surface area contributed by atoms with Gasteiger partial charge in [0, 0.05) is 0 Å². The molecule has 6 heteroatoms. The van der Waals surface area contributed by atoms with Gasteiger partial charge in [0.15, 0.2) is 11.5 Å². The van der Waals surface area contributed by atoms with Gasteiger partial charge in [-0.2, -0.15) is 9.81 Å². The average molecular weight is 196 g/mol. The smallest absolute Gasteiger partial charge is 0.157 e. The van der Waals surface area contributed by atoms with Crippen LogP contribution in [0.5, 0.6) is 11.5 Å². The van der Waals surface area contributed by atoms with Crippen LogP contribution >= 0.6 is 0 Å². The molecule has 0 aliphatic rings. The number of nitroso groups, excluding NO2 is 2. The number of benzene rings is 1. The zero-order valence-corrected chi connectivity index (χ0v) is 7.12. The van der Waals surface area contributed by atoms with Crippen LogP contribution in [0.25, 0.3) is 0 Å². The van der Waals surface area contributed by atoms with E-state index in [-0.39, 0.29) is 18.0 Å². The lowest BCUT2D eigenvalue weighted by Gasteiger charge is -2.05. The van der Waals surface area contributed by atoms with Crippen LogP contribution in [0.1, 0.15) is 11.6 Å². The first kappa shape index (κ1) is 10.1. The SMILES string of the molecule is O=NCC(N=O)c1ccc(O)c(O)c1. The van der Waals surface area contributed by atoms with E-state index in [1.54, 1.807) is 0 Å². The van der Waals surface area contributed by atoms with Crippen molar-refractivity contribution in [3.63, 3.8) is 0 Å². The monoisotopic (exact) mass is 196 g/mol. The maximum absolute atomic E-state index is 10.3. The van der Waals surface area contributed by atoms with Gasteiger partial charge >= 0.3 is 0 Å². The molecule has 6 nitrogen and oxygen atoms in total. The largest absolute Gasteiger partial charge is 0.504 e. The summed E-state index contributed by atoms with van der Waals surface area (Å²) in [6, 6.07) is 2.87. The molecule has 74 valence electrons. The third kappa shape index (κ3) is 2.03. The molecule has 0 bridgehead atoms. The van der Waals surface area contributed by atoms with Crippen molar-refractivity contribution in [3.05, 3.63) is 33.6 Å². The molecule has 14 heavy (non-hydrogen) atoms. The summed E-state index contributed by atoms with van der Waals surface area (Å²) in [5, 5.41) is 23.3. The minimum absolute atomic E-state index is 0.284. The number of aromatic hydroxyl groups is 2. The summed E-state index contributed by atoms with van der Waals surface area (Å²) in [4.78, 5) is 20.2. The maximum Gasteiger partial charge on any atom is 0.157 e. The molecule has 1 aromatic carbocycles. The summed E-state index contributed by atoms with van der Waals surface area (Å²) >= 11 is 0. The molecule has 1 rings (SSSR count). The number of rotatable bonds is 4. The Balaban J connectivity index is 2.98. The lowest BCUT2D eigenvalue weighted by Crippen LogP contribution is -1.97. The Hall–Kier alpha value is -1.98. The Morgan fingerprint density at radius 2 is 1.93 bits per heavy atom. The summed E-state index contributed by atoms with van der Waals surface area (Å²) < 4.78 is 0. The fraction of sp³-hybridized carbons (Fsp3) is 0.250. The number of phenols is 2. The molecule has 0 saturated carbocycles. The highest BCUT2D eigenvalue weighted by Gasteiger charge is 2.13. The molecule has 0 fully saturated rings. The fourth-order valence-electron chi connectivity index (χ4n) is 1.02. The lowest BCUT2D eigenvalue weighted by molar-refractivity contribution is 0.402. The number of phenolic OH excluding ortho intramolecular Hbond substituents is 2. The Bertz CT molecular complexity index is 353. The summed E-state index contributed by atoms with van der Waals surface area (Å²) in [5.41, 5.74) is 0.343. The molecule has 0 amide bonds. The Labute approximate surface area is 79.1 Å². The quantitative estimate of drug-likeness (QED) is 0.565. The number of hydrogen-bond acceptors (Lipinski definition) is 6. The Morgan fingerprint density at radius 1 is 1.21 bits per heavy atom. The molecule has 2 N–H and O–H groups in total. The molecule has 0 heterocycles. The normalized spacial score (nSPS) is 12.0. The van der Waals surface area contributed by atoms with Crippen molar-refractivity contribution >= 4 is 0 Å². The van der Waals surface area contributed by atoms with Gasteiger partial charge < -0.3 is 10.2 Å². The molecular formula is C8H8N2O4. The van der Waals surface area contributed by atoms with Gasteiger partial charge in [0.05, 0.1) is 0 Å². The molecule has 1 aromatic rings. The Kier molecular flexibility index (Phi) is 3.11. The van der Waals surface area contributed by atoms with Crippen LogP contribution in [-0.2, 0) is 0 Å². The second-order valence-electron chi connectivity index (χ2n) is 2.68. The molecule has 0 aliphatic carbocycles. The van der Waals surface area contributed by atoms with Crippen LogP contribution in [0.4, 0.5) is 0 Å². The van der Waals surface area contributed by atoms with E-state index in [4.69, 9.17) is 10.2 Å². The van der Waals surface area contributed by atoms with E-state index >= 15 is 0 Å². The second-order valence-corrected chi connectivity index (χ2v) is 2.68. The average Bonchev–Trinajstić information content (AvgIpc) is 2.19. The third-order valence-corrected chi connectivity index (χ3v) is 1.76. The van der Waals surface area contributed by atoms with Crippen LogP contribution in [0.3, 0.4) is 0 Å². The van der Waals surface area contributed by atoms with E-state index in [9.17, 15) is 9.81 Å². The van der Waals surface area contributed by atoms with Crippen molar-refractivity contribution in [3.8, 4) is 11.5 Å². The van der Waals surface area contributed by atoms with Crippen molar-refractivity contribution in [2.75, 3.05) is 6.54 Å². The molecule has 1 unspecified atom stereocenters. The standard InChI is InChI=1S/C8H8N2O4/c11-7-2-1-5(3-8(7)12)6(10-14)4-9-13/h1-3,6,11-12H,4H2. The molecule has 0 radical (unpaired) electrons. The fourth-order valence-corrected chi connectivity index (χ4v) is 1.02. The predicted molar refractivity (Wildman–Crippen MR) is 49.0 cm³/mol. The van der Waals surface area contributed by atoms with Crippen LogP contribution in [0.15, 0.2) is 28.6 Å². The molecule has 0 saturated heterocycles. The predicted octanol–water partition coefficient (Wildman–Crippen LogP) is 1.67. The summed E-state index contributed by atoms with van der Waals surface area (Å²) in [6.45, 7) is -0.284. The van der Waals surface area contributed by atoms with Crippen LogP contribution in [-0.4, -0.2) is 16.8 Å². The van der Waals surface area contributed by atoms with E-state index in [1.807, 2.05) is 0 Å². The van der Waals surface area contributed by atoms with Crippen LogP contribution < -0.4 is 0 Å². The molecule has 0 aromatic heterocycles. The second kappa shape index (κ2) is 4.31. The maximum atomic E-state index is 10.3. The van der Waals surface area contributed by atoms with Gasteiger partial charge in [-0.3, -0.25) is 0 Å². The summed E-state index contributed by atoms with van der Waals surface area (Å²) in [6.07, 6.45) is 0. The first-order valence-electron chi connectivity index (χ1n) is 3.82. The van der Waals surface area contributed by atoms with E-state index in [0.29, 0.717) is 5.56 Å². The first-order chi connectivity index (χ1) is 6.69. The van der Waals surface area contributed by atoms with Crippen LogP contribution in [0.2, 0.25) is 0 Å². The van der Waals surface area contributed by atoms with Crippen molar-refractivity contribution in [2.45, 2.75) is 6.04 Å². The van der Waals surface area contributed by atoms with Crippen LogP contribution in [0, 0.1) is 9.81 Å². The number of nitrogens with zero attached hydrogens (tertiary/aromatic N) is 2. The number of hydrogen-bond donors (Lipinski definition) is 2. The zero-order valence-electron chi connectivity index (χ0n) is 7.12. The van der Waals surface area contributed by atoms with Gasteiger partial charge in [0.1, 0.15) is 12.6 Å². The molecule has 1 atom stereocenters. The minimum atomic E-state index is -0.918. The first-order valence-corrected chi connectivity index (χ1v) is 3.82. The van der Waals surface area contributed by atoms with Gasteiger partial charge in [0.25, 0.3) is 0 Å². The van der Waals surface area contributed by atoms with Gasteiger partial charge in [-0.25, -0.2) is 0 Å². The van der Waals surface area contributed by atoms with Crippen molar-refractivity contribution in [1.82, 2.24) is 0 Å². The Morgan fingerprint density at radius 3 is 2.43 bits per heavy atom. The van der Waals surface area contributed by atoms with E-state index < -0.39 is 6.04 Å². The van der Waals surface area contributed by atoms with E-state index in [2.05, 4.69) is 10.4 Å². The van der Waals surface area contributed by atoms with Crippen molar-refractivity contribution < 1.29 is 10.2 Å². The third-order valence-electron chi connectivity index (χ3n) is 1.76. The van der Waals surface area contributed by atoms with Gasteiger partial charge in [-0.05, 0) is 17.7 Å². The van der Waals surface area contributed by atoms with Gasteiger partial charge in [-0.15, -0.1) is 0 Å². The highest BCUT2D eigenvalue weighted by atomic mass is 16.3. The summed E-state index contributed by atoms with van der Waals surface area (Å²) in [7, 11) is 0. The zero-order chi connectivity index (χ0) is 10.6. The van der Waals surface area contributed by atoms with E-state index in [0.717, 1.165) is 0 Å². The molecule has 0 spiro atoms. The van der Waals surface area contributed by atoms with Gasteiger partial charge in [0.2, 0.25) is 0 Å². The summed E-state index contributed by atoms with van der Waals surface area (Å²) in [5.74, 6) is -0.653.